The maximum atomic E-state index is 11.9. The van der Waals surface area contributed by atoms with Crippen LogP contribution in [0.3, 0.4) is 0 Å². The zero-order valence-electron chi connectivity index (χ0n) is 13.6. The molecule has 0 aliphatic heterocycles. The third kappa shape index (κ3) is 5.28. The number of hydrogen-bond donors (Lipinski definition) is 1. The Morgan fingerprint density at radius 3 is 2.67 bits per heavy atom. The van der Waals surface area contributed by atoms with Gasteiger partial charge in [-0.25, -0.2) is 5.43 Å². The third-order valence-electron chi connectivity index (χ3n) is 3.19. The van der Waals surface area contributed by atoms with E-state index in [1.54, 1.807) is 49.6 Å². The van der Waals surface area contributed by atoms with Gasteiger partial charge in [-0.05, 0) is 42.8 Å². The van der Waals surface area contributed by atoms with Gasteiger partial charge >= 0.3 is 0 Å². The molecule has 0 aliphatic carbocycles. The number of ether oxygens (including phenoxy) is 2. The maximum Gasteiger partial charge on any atom is 0.244 e. The molecule has 0 saturated heterocycles. The van der Waals surface area contributed by atoms with Crippen molar-refractivity contribution in [1.29, 1.82) is 0 Å². The van der Waals surface area contributed by atoms with E-state index in [4.69, 9.17) is 21.1 Å². The van der Waals surface area contributed by atoms with Crippen LogP contribution >= 0.6 is 11.6 Å². The number of methoxy groups -OCH3 is 1. The summed E-state index contributed by atoms with van der Waals surface area (Å²) in [5, 5.41) is 4.63. The summed E-state index contributed by atoms with van der Waals surface area (Å²) >= 11 is 5.82. The number of benzene rings is 2. The third-order valence-corrected chi connectivity index (χ3v) is 3.44. The van der Waals surface area contributed by atoms with Crippen LogP contribution in [0, 0.1) is 0 Å². The quantitative estimate of drug-likeness (QED) is 0.617. The Hall–Kier alpha value is -2.53. The molecule has 0 atom stereocenters. The molecule has 0 radical (unpaired) electrons. The molecule has 2 aromatic rings. The highest BCUT2D eigenvalue weighted by molar-refractivity contribution is 6.30. The van der Waals surface area contributed by atoms with Gasteiger partial charge < -0.3 is 9.47 Å². The predicted octanol–water partition coefficient (Wildman–Crippen LogP) is 3.44. The van der Waals surface area contributed by atoms with Crippen molar-refractivity contribution in [3.05, 3.63) is 58.6 Å². The molecule has 0 aromatic heterocycles. The molecular weight excluding hydrogens is 328 g/mol. The van der Waals surface area contributed by atoms with Crippen molar-refractivity contribution in [3.63, 3.8) is 0 Å². The van der Waals surface area contributed by atoms with E-state index in [1.165, 1.54) is 6.21 Å². The Morgan fingerprint density at radius 2 is 2.00 bits per heavy atom. The van der Waals surface area contributed by atoms with Crippen LogP contribution in [-0.4, -0.2) is 25.8 Å². The molecule has 6 heteroatoms. The number of carbonyl (C=O) groups is 1. The van der Waals surface area contributed by atoms with Gasteiger partial charge in [-0.2, -0.15) is 5.10 Å². The molecule has 0 heterocycles. The first-order valence-corrected chi connectivity index (χ1v) is 7.87. The van der Waals surface area contributed by atoms with Crippen molar-refractivity contribution in [2.75, 3.05) is 13.7 Å². The minimum absolute atomic E-state index is 0.213. The van der Waals surface area contributed by atoms with E-state index in [-0.39, 0.29) is 12.3 Å². The molecule has 0 saturated carbocycles. The fourth-order valence-electron chi connectivity index (χ4n) is 2.04. The summed E-state index contributed by atoms with van der Waals surface area (Å²) in [7, 11) is 1.59. The number of nitrogens with one attached hydrogen (secondary N) is 1. The van der Waals surface area contributed by atoms with E-state index >= 15 is 0 Å². The number of carbonyl (C=O) groups excluding carboxylic acids is 1. The molecule has 5 nitrogen and oxygen atoms in total. The van der Waals surface area contributed by atoms with Crippen molar-refractivity contribution in [3.8, 4) is 11.5 Å². The summed E-state index contributed by atoms with van der Waals surface area (Å²) in [6.07, 6.45) is 1.76. The van der Waals surface area contributed by atoms with E-state index in [0.29, 0.717) is 23.1 Å². The average molecular weight is 347 g/mol. The summed E-state index contributed by atoms with van der Waals surface area (Å²) < 4.78 is 10.7. The smallest absolute Gasteiger partial charge is 0.244 e. The summed E-state index contributed by atoms with van der Waals surface area (Å²) in [5.41, 5.74) is 4.09. The van der Waals surface area contributed by atoms with Crippen molar-refractivity contribution in [2.24, 2.45) is 5.10 Å². The molecule has 2 aromatic carbocycles. The van der Waals surface area contributed by atoms with Crippen molar-refractivity contribution < 1.29 is 14.3 Å². The average Bonchev–Trinajstić information content (AvgIpc) is 2.58. The van der Waals surface area contributed by atoms with Crippen LogP contribution in [0.1, 0.15) is 18.1 Å². The van der Waals surface area contributed by atoms with Gasteiger partial charge in [-0.3, -0.25) is 4.79 Å². The highest BCUT2D eigenvalue weighted by Gasteiger charge is 2.05. The Bertz CT molecular complexity index is 715. The molecule has 0 bridgehead atoms. The lowest BCUT2D eigenvalue weighted by Crippen LogP contribution is -2.19. The van der Waals surface area contributed by atoms with Gasteiger partial charge in [0.25, 0.3) is 0 Å². The second-order valence-corrected chi connectivity index (χ2v) is 5.37. The topological polar surface area (TPSA) is 59.9 Å². The lowest BCUT2D eigenvalue weighted by atomic mass is 10.1. The van der Waals surface area contributed by atoms with Crippen LogP contribution in [0.15, 0.2) is 47.6 Å². The van der Waals surface area contributed by atoms with Crippen LogP contribution in [-0.2, 0) is 11.2 Å². The Balaban J connectivity index is 1.99. The summed E-state index contributed by atoms with van der Waals surface area (Å²) in [4.78, 5) is 11.9. The normalized spacial score (nSPS) is 10.6. The summed E-state index contributed by atoms with van der Waals surface area (Å²) in [6.45, 7) is 2.44. The van der Waals surface area contributed by atoms with E-state index in [2.05, 4.69) is 10.5 Å². The van der Waals surface area contributed by atoms with E-state index < -0.39 is 0 Å². The first-order chi connectivity index (χ1) is 11.6. The molecular formula is C18H19ClN2O3. The molecule has 0 spiro atoms. The number of rotatable bonds is 7. The van der Waals surface area contributed by atoms with Crippen molar-refractivity contribution in [2.45, 2.75) is 13.3 Å². The van der Waals surface area contributed by atoms with Gasteiger partial charge in [0.1, 0.15) is 11.5 Å². The fraction of sp³-hybridized carbons (Fsp3) is 0.222. The van der Waals surface area contributed by atoms with Crippen molar-refractivity contribution in [1.82, 2.24) is 5.43 Å². The first kappa shape index (κ1) is 17.8. The SMILES string of the molecule is CCOc1ccc(OC)cc1/C=N\NC(=O)Cc1ccc(Cl)cc1. The number of hydrogen-bond acceptors (Lipinski definition) is 4. The monoisotopic (exact) mass is 346 g/mol. The van der Waals surface area contributed by atoms with Gasteiger partial charge in [0.2, 0.25) is 5.91 Å². The zero-order chi connectivity index (χ0) is 17.4. The van der Waals surface area contributed by atoms with Gasteiger partial charge in [0.15, 0.2) is 0 Å². The second-order valence-electron chi connectivity index (χ2n) is 4.93. The van der Waals surface area contributed by atoms with Gasteiger partial charge in [0, 0.05) is 10.6 Å². The molecule has 2 rings (SSSR count). The van der Waals surface area contributed by atoms with E-state index in [9.17, 15) is 4.79 Å². The minimum atomic E-state index is -0.213. The van der Waals surface area contributed by atoms with Crippen LogP contribution in [0.2, 0.25) is 5.02 Å². The zero-order valence-corrected chi connectivity index (χ0v) is 14.3. The van der Waals surface area contributed by atoms with Gasteiger partial charge in [-0.1, -0.05) is 23.7 Å². The standard InChI is InChI=1S/C18H19ClN2O3/c1-3-24-17-9-8-16(23-2)11-14(17)12-20-21-18(22)10-13-4-6-15(19)7-5-13/h4-9,11-12H,3,10H2,1-2H3,(H,21,22)/b20-12-. The number of hydrazone groups is 1. The molecule has 24 heavy (non-hydrogen) atoms. The van der Waals surface area contributed by atoms with Crippen LogP contribution < -0.4 is 14.9 Å². The molecule has 1 N–H and O–H groups in total. The highest BCUT2D eigenvalue weighted by atomic mass is 35.5. The van der Waals surface area contributed by atoms with Crippen LogP contribution in [0.25, 0.3) is 0 Å². The van der Waals surface area contributed by atoms with Gasteiger partial charge in [-0.15, -0.1) is 0 Å². The Morgan fingerprint density at radius 1 is 1.25 bits per heavy atom. The molecule has 126 valence electrons. The lowest BCUT2D eigenvalue weighted by Gasteiger charge is -2.08. The largest absolute Gasteiger partial charge is 0.497 e. The Kier molecular flexibility index (Phi) is 6.63. The number of amides is 1. The first-order valence-electron chi connectivity index (χ1n) is 7.49. The number of halogens is 1. The maximum absolute atomic E-state index is 11.9. The predicted molar refractivity (Wildman–Crippen MR) is 95.1 cm³/mol. The minimum Gasteiger partial charge on any atom is -0.497 e. The summed E-state index contributed by atoms with van der Waals surface area (Å²) in [6, 6.07) is 12.5. The Labute approximate surface area is 146 Å². The second kappa shape index (κ2) is 8.93. The molecule has 0 fully saturated rings. The van der Waals surface area contributed by atoms with Crippen molar-refractivity contribution >= 4 is 23.7 Å². The summed E-state index contributed by atoms with van der Waals surface area (Å²) in [5.74, 6) is 1.15. The van der Waals surface area contributed by atoms with Crippen LogP contribution in [0.5, 0.6) is 11.5 Å². The lowest BCUT2D eigenvalue weighted by molar-refractivity contribution is -0.120. The molecule has 0 aliphatic rings. The molecule has 1 amide bonds. The highest BCUT2D eigenvalue weighted by Crippen LogP contribution is 2.22. The number of nitrogens with zero attached hydrogens (tertiary/aromatic N) is 1. The molecule has 0 unspecified atom stereocenters. The van der Waals surface area contributed by atoms with Crippen LogP contribution in [0.4, 0.5) is 0 Å². The van der Waals surface area contributed by atoms with E-state index in [0.717, 1.165) is 11.1 Å². The van der Waals surface area contributed by atoms with Gasteiger partial charge in [0.05, 0.1) is 26.4 Å². The van der Waals surface area contributed by atoms with E-state index in [1.807, 2.05) is 6.92 Å². The fourth-order valence-corrected chi connectivity index (χ4v) is 2.17.